The summed E-state index contributed by atoms with van der Waals surface area (Å²) in [6.45, 7) is 7.85. The van der Waals surface area contributed by atoms with E-state index in [1.165, 1.54) is 37.1 Å². The molecule has 18 heavy (non-hydrogen) atoms. The zero-order valence-corrected chi connectivity index (χ0v) is 13.1. The Morgan fingerprint density at radius 2 is 2.22 bits per heavy atom. The van der Waals surface area contributed by atoms with Crippen LogP contribution in [0, 0.1) is 12.8 Å². The lowest BCUT2D eigenvalue weighted by Gasteiger charge is -2.31. The second-order valence-corrected chi connectivity index (χ2v) is 6.31. The van der Waals surface area contributed by atoms with Crippen molar-refractivity contribution >= 4 is 15.9 Å². The van der Waals surface area contributed by atoms with Crippen molar-refractivity contribution in [2.24, 2.45) is 5.92 Å². The molecule has 100 valence electrons. The molecule has 0 N–H and O–H groups in total. The Hall–Kier alpha value is -0.540. The molecular weight excluding hydrogens is 290 g/mol. The first-order valence-corrected chi connectivity index (χ1v) is 7.45. The van der Waals surface area contributed by atoms with Crippen molar-refractivity contribution in [3.63, 3.8) is 0 Å². The molecule has 1 fully saturated rings. The van der Waals surface area contributed by atoms with E-state index in [0.717, 1.165) is 22.7 Å². The summed E-state index contributed by atoms with van der Waals surface area (Å²) in [4.78, 5) is 2.54. The molecule has 0 saturated carbocycles. The van der Waals surface area contributed by atoms with E-state index in [0.29, 0.717) is 0 Å². The summed E-state index contributed by atoms with van der Waals surface area (Å²) in [5, 5.41) is 0. The topological polar surface area (TPSA) is 12.5 Å². The predicted molar refractivity (Wildman–Crippen MR) is 79.1 cm³/mol. The standard InChI is InChI=1S/C15H22BrNO/c1-11-5-4-6-17(9-11)10-13-8-14(16)7-12(2)15(13)18-3/h7-8,11H,4-6,9-10H2,1-3H3. The number of likely N-dealkylation sites (tertiary alicyclic amines) is 1. The molecule has 0 aromatic heterocycles. The molecule has 2 rings (SSSR count). The molecule has 1 aromatic carbocycles. The van der Waals surface area contributed by atoms with Gasteiger partial charge in [-0.1, -0.05) is 22.9 Å². The van der Waals surface area contributed by atoms with Crippen LogP contribution in [0.25, 0.3) is 0 Å². The molecule has 1 unspecified atom stereocenters. The van der Waals surface area contributed by atoms with E-state index in [-0.39, 0.29) is 0 Å². The highest BCUT2D eigenvalue weighted by atomic mass is 79.9. The molecule has 1 aliphatic rings. The molecule has 1 heterocycles. The van der Waals surface area contributed by atoms with Crippen molar-refractivity contribution in [3.8, 4) is 5.75 Å². The van der Waals surface area contributed by atoms with Crippen LogP contribution >= 0.6 is 15.9 Å². The zero-order chi connectivity index (χ0) is 13.1. The van der Waals surface area contributed by atoms with Crippen molar-refractivity contribution in [2.45, 2.75) is 33.2 Å². The number of benzene rings is 1. The molecule has 1 atom stereocenters. The van der Waals surface area contributed by atoms with E-state index in [1.54, 1.807) is 7.11 Å². The Morgan fingerprint density at radius 3 is 2.89 bits per heavy atom. The highest BCUT2D eigenvalue weighted by Gasteiger charge is 2.18. The van der Waals surface area contributed by atoms with Gasteiger partial charge in [0.25, 0.3) is 0 Å². The minimum atomic E-state index is 0.818. The molecule has 0 bridgehead atoms. The Balaban J connectivity index is 2.17. The minimum absolute atomic E-state index is 0.818. The van der Waals surface area contributed by atoms with E-state index >= 15 is 0 Å². The fourth-order valence-corrected chi connectivity index (χ4v) is 3.50. The van der Waals surface area contributed by atoms with Crippen LogP contribution in [0.2, 0.25) is 0 Å². The van der Waals surface area contributed by atoms with Gasteiger partial charge in [-0.3, -0.25) is 4.90 Å². The van der Waals surface area contributed by atoms with Crippen molar-refractivity contribution in [1.82, 2.24) is 4.90 Å². The first kappa shape index (κ1) is 13.9. The summed E-state index contributed by atoms with van der Waals surface area (Å²) >= 11 is 3.58. The van der Waals surface area contributed by atoms with Gasteiger partial charge in [-0.2, -0.15) is 0 Å². The quantitative estimate of drug-likeness (QED) is 0.836. The number of methoxy groups -OCH3 is 1. The van der Waals surface area contributed by atoms with Crippen LogP contribution in [0.15, 0.2) is 16.6 Å². The maximum atomic E-state index is 5.55. The normalized spacial score (nSPS) is 21.0. The third-order valence-corrected chi connectivity index (χ3v) is 4.11. The average Bonchev–Trinajstić information content (AvgIpc) is 2.28. The summed E-state index contributed by atoms with van der Waals surface area (Å²) in [6.07, 6.45) is 2.68. The highest BCUT2D eigenvalue weighted by molar-refractivity contribution is 9.10. The summed E-state index contributed by atoms with van der Waals surface area (Å²) in [5.41, 5.74) is 2.49. The molecule has 0 radical (unpaired) electrons. The van der Waals surface area contributed by atoms with Gasteiger partial charge in [-0.15, -0.1) is 0 Å². The van der Waals surface area contributed by atoms with Crippen molar-refractivity contribution in [1.29, 1.82) is 0 Å². The Bertz CT molecular complexity index is 419. The van der Waals surface area contributed by atoms with Crippen molar-refractivity contribution in [3.05, 3.63) is 27.7 Å². The fourth-order valence-electron chi connectivity index (χ4n) is 2.88. The van der Waals surface area contributed by atoms with Crippen LogP contribution in [0.3, 0.4) is 0 Å². The van der Waals surface area contributed by atoms with E-state index in [9.17, 15) is 0 Å². The van der Waals surface area contributed by atoms with Gasteiger partial charge in [0.05, 0.1) is 7.11 Å². The number of hydrogen-bond acceptors (Lipinski definition) is 2. The lowest BCUT2D eigenvalue weighted by molar-refractivity contribution is 0.175. The van der Waals surface area contributed by atoms with Crippen molar-refractivity contribution < 1.29 is 4.74 Å². The minimum Gasteiger partial charge on any atom is -0.496 e. The van der Waals surface area contributed by atoms with Crippen LogP contribution in [0.1, 0.15) is 30.9 Å². The molecular formula is C15H22BrNO. The van der Waals surface area contributed by atoms with Crippen LogP contribution < -0.4 is 4.74 Å². The number of aryl methyl sites for hydroxylation is 1. The van der Waals surface area contributed by atoms with Crippen LogP contribution in [-0.2, 0) is 6.54 Å². The second-order valence-electron chi connectivity index (χ2n) is 5.40. The molecule has 0 amide bonds. The molecule has 0 spiro atoms. The average molecular weight is 312 g/mol. The summed E-state index contributed by atoms with van der Waals surface area (Å²) in [6, 6.07) is 4.30. The maximum absolute atomic E-state index is 5.55. The summed E-state index contributed by atoms with van der Waals surface area (Å²) in [7, 11) is 1.76. The van der Waals surface area contributed by atoms with E-state index in [1.807, 2.05) is 0 Å². The lowest BCUT2D eigenvalue weighted by atomic mass is 9.99. The number of rotatable bonds is 3. The molecule has 3 heteroatoms. The van der Waals surface area contributed by atoms with Gasteiger partial charge in [0.15, 0.2) is 0 Å². The van der Waals surface area contributed by atoms with E-state index < -0.39 is 0 Å². The highest BCUT2D eigenvalue weighted by Crippen LogP contribution is 2.30. The summed E-state index contributed by atoms with van der Waals surface area (Å²) in [5.74, 6) is 1.86. The van der Waals surface area contributed by atoms with Gasteiger partial charge in [0, 0.05) is 23.1 Å². The number of ether oxygens (including phenoxy) is 1. The first-order valence-electron chi connectivity index (χ1n) is 6.65. The number of nitrogens with zero attached hydrogens (tertiary/aromatic N) is 1. The van der Waals surface area contributed by atoms with E-state index in [4.69, 9.17) is 4.74 Å². The third kappa shape index (κ3) is 3.27. The Labute approximate surface area is 118 Å². The fraction of sp³-hybridized carbons (Fsp3) is 0.600. The SMILES string of the molecule is COc1c(C)cc(Br)cc1CN1CCCC(C)C1. The molecule has 2 nitrogen and oxygen atoms in total. The van der Waals surface area contributed by atoms with Crippen LogP contribution in [-0.4, -0.2) is 25.1 Å². The molecule has 0 aliphatic carbocycles. The monoisotopic (exact) mass is 311 g/mol. The number of piperidine rings is 1. The second kappa shape index (κ2) is 6.07. The third-order valence-electron chi connectivity index (χ3n) is 3.66. The molecule has 1 aliphatic heterocycles. The predicted octanol–water partition coefficient (Wildman–Crippen LogP) is 4.00. The van der Waals surface area contributed by atoms with E-state index in [2.05, 4.69) is 46.8 Å². The zero-order valence-electron chi connectivity index (χ0n) is 11.5. The van der Waals surface area contributed by atoms with Crippen LogP contribution in [0.4, 0.5) is 0 Å². The summed E-state index contributed by atoms with van der Waals surface area (Å²) < 4.78 is 6.69. The number of halogens is 1. The van der Waals surface area contributed by atoms with Gasteiger partial charge in [0.1, 0.15) is 5.75 Å². The maximum Gasteiger partial charge on any atom is 0.126 e. The van der Waals surface area contributed by atoms with Gasteiger partial charge in [-0.05, 0) is 49.9 Å². The first-order chi connectivity index (χ1) is 8.60. The lowest BCUT2D eigenvalue weighted by Crippen LogP contribution is -2.33. The largest absolute Gasteiger partial charge is 0.496 e. The van der Waals surface area contributed by atoms with Crippen molar-refractivity contribution in [2.75, 3.05) is 20.2 Å². The van der Waals surface area contributed by atoms with Gasteiger partial charge in [0.2, 0.25) is 0 Å². The molecule has 1 saturated heterocycles. The number of hydrogen-bond donors (Lipinski definition) is 0. The van der Waals surface area contributed by atoms with Gasteiger partial charge in [-0.25, -0.2) is 0 Å². The molecule has 1 aromatic rings. The van der Waals surface area contributed by atoms with Crippen LogP contribution in [0.5, 0.6) is 5.75 Å². The Morgan fingerprint density at radius 1 is 1.44 bits per heavy atom. The van der Waals surface area contributed by atoms with Gasteiger partial charge >= 0.3 is 0 Å². The smallest absolute Gasteiger partial charge is 0.126 e. The Kier molecular flexibility index (Phi) is 4.68. The van der Waals surface area contributed by atoms with Gasteiger partial charge < -0.3 is 4.74 Å².